The number of carboxylic acids is 1. The van der Waals surface area contributed by atoms with Crippen LogP contribution in [0.5, 0.6) is 0 Å². The van der Waals surface area contributed by atoms with Crippen molar-refractivity contribution >= 4 is 11.9 Å². The van der Waals surface area contributed by atoms with E-state index in [1.54, 1.807) is 0 Å². The van der Waals surface area contributed by atoms with Crippen molar-refractivity contribution in [3.63, 3.8) is 0 Å². The molecule has 0 aromatic heterocycles. The molecule has 1 rings (SSSR count). The van der Waals surface area contributed by atoms with Crippen LogP contribution in [0.15, 0.2) is 0 Å². The predicted octanol–water partition coefficient (Wildman–Crippen LogP) is 1.64. The maximum absolute atomic E-state index is 11.4. The number of carboxylic acid groups (broad SMARTS) is 1. The molecule has 1 unspecified atom stereocenters. The highest BCUT2D eigenvalue weighted by Gasteiger charge is 2.31. The van der Waals surface area contributed by atoms with E-state index in [1.807, 2.05) is 0 Å². The molecule has 1 aliphatic rings. The first-order valence-electron chi connectivity index (χ1n) is 5.69. The monoisotopic (exact) mass is 213 g/mol. The Balaban J connectivity index is 2.49. The Hall–Kier alpha value is -1.06. The van der Waals surface area contributed by atoms with E-state index >= 15 is 0 Å². The van der Waals surface area contributed by atoms with E-state index in [4.69, 9.17) is 5.11 Å². The number of hydrogen-bond acceptors (Lipinski definition) is 2. The molecule has 1 N–H and O–H groups in total. The molecular formula is C11H19NO3. The Morgan fingerprint density at radius 3 is 2.73 bits per heavy atom. The molecule has 4 heteroatoms. The van der Waals surface area contributed by atoms with Gasteiger partial charge in [0.1, 0.15) is 6.04 Å². The zero-order valence-corrected chi connectivity index (χ0v) is 9.24. The Kier molecular flexibility index (Phi) is 4.59. The minimum Gasteiger partial charge on any atom is -0.480 e. The molecule has 0 bridgehead atoms. The van der Waals surface area contributed by atoms with Crippen molar-refractivity contribution in [1.82, 2.24) is 4.90 Å². The lowest BCUT2D eigenvalue weighted by Crippen LogP contribution is -2.41. The van der Waals surface area contributed by atoms with Gasteiger partial charge in [-0.2, -0.15) is 0 Å². The Morgan fingerprint density at radius 2 is 2.27 bits per heavy atom. The lowest BCUT2D eigenvalue weighted by molar-refractivity contribution is -0.148. The number of nitrogens with zero attached hydrogens (tertiary/aromatic N) is 1. The molecule has 15 heavy (non-hydrogen) atoms. The Morgan fingerprint density at radius 1 is 1.53 bits per heavy atom. The molecule has 1 fully saturated rings. The summed E-state index contributed by atoms with van der Waals surface area (Å²) >= 11 is 0. The summed E-state index contributed by atoms with van der Waals surface area (Å²) in [6, 6.07) is -0.591. The van der Waals surface area contributed by atoms with Crippen molar-refractivity contribution in [2.75, 3.05) is 6.54 Å². The van der Waals surface area contributed by atoms with Gasteiger partial charge in [-0.05, 0) is 12.8 Å². The van der Waals surface area contributed by atoms with Crippen LogP contribution in [0.25, 0.3) is 0 Å². The summed E-state index contributed by atoms with van der Waals surface area (Å²) in [6.45, 7) is 2.69. The van der Waals surface area contributed by atoms with Gasteiger partial charge in [-0.3, -0.25) is 4.79 Å². The molecule has 1 amide bonds. The fourth-order valence-electron chi connectivity index (χ4n) is 2.00. The second-order valence-electron chi connectivity index (χ2n) is 4.04. The average molecular weight is 213 g/mol. The van der Waals surface area contributed by atoms with Crippen LogP contribution >= 0.6 is 0 Å². The maximum Gasteiger partial charge on any atom is 0.326 e. The molecule has 4 nitrogen and oxygen atoms in total. The van der Waals surface area contributed by atoms with Crippen LogP contribution in [-0.2, 0) is 9.59 Å². The lowest BCUT2D eigenvalue weighted by atomic mass is 10.1. The number of unbranched alkanes of at least 4 members (excludes halogenated alkanes) is 2. The van der Waals surface area contributed by atoms with Crippen LogP contribution in [0.2, 0.25) is 0 Å². The third-order valence-corrected chi connectivity index (χ3v) is 2.85. The minimum absolute atomic E-state index is 0.00102. The van der Waals surface area contributed by atoms with Gasteiger partial charge in [-0.1, -0.05) is 26.2 Å². The molecule has 0 spiro atoms. The first-order chi connectivity index (χ1) is 7.16. The largest absolute Gasteiger partial charge is 0.480 e. The molecule has 1 atom stereocenters. The second-order valence-corrected chi connectivity index (χ2v) is 4.04. The normalized spacial score (nSPS) is 18.2. The summed E-state index contributed by atoms with van der Waals surface area (Å²) in [5, 5.41) is 9.06. The summed E-state index contributed by atoms with van der Waals surface area (Å²) in [7, 11) is 0. The first kappa shape index (κ1) is 12.0. The van der Waals surface area contributed by atoms with Gasteiger partial charge < -0.3 is 10.0 Å². The van der Waals surface area contributed by atoms with Crippen LogP contribution in [0.1, 0.15) is 45.4 Å². The van der Waals surface area contributed by atoms with Gasteiger partial charge in [-0.25, -0.2) is 4.79 Å². The van der Waals surface area contributed by atoms with Crippen LogP contribution in [-0.4, -0.2) is 34.5 Å². The summed E-state index contributed by atoms with van der Waals surface area (Å²) in [6.07, 6.45) is 4.90. The predicted molar refractivity (Wildman–Crippen MR) is 56.5 cm³/mol. The molecule has 0 saturated carbocycles. The van der Waals surface area contributed by atoms with Crippen molar-refractivity contribution in [3.05, 3.63) is 0 Å². The number of likely N-dealkylation sites (tertiary alicyclic amines) is 1. The van der Waals surface area contributed by atoms with E-state index < -0.39 is 12.0 Å². The molecule has 0 aromatic carbocycles. The molecular weight excluding hydrogens is 194 g/mol. The van der Waals surface area contributed by atoms with Gasteiger partial charge in [0.15, 0.2) is 0 Å². The highest BCUT2D eigenvalue weighted by molar-refractivity contribution is 5.84. The zero-order valence-electron chi connectivity index (χ0n) is 9.24. The van der Waals surface area contributed by atoms with Crippen LogP contribution in [0, 0.1) is 0 Å². The third-order valence-electron chi connectivity index (χ3n) is 2.85. The molecule has 0 radical (unpaired) electrons. The highest BCUT2D eigenvalue weighted by atomic mass is 16.4. The van der Waals surface area contributed by atoms with Crippen molar-refractivity contribution in [1.29, 1.82) is 0 Å². The van der Waals surface area contributed by atoms with Crippen molar-refractivity contribution in [2.24, 2.45) is 0 Å². The van der Waals surface area contributed by atoms with E-state index in [1.165, 1.54) is 4.90 Å². The summed E-state index contributed by atoms with van der Waals surface area (Å²) < 4.78 is 0. The number of aliphatic carboxylic acids is 1. The maximum atomic E-state index is 11.4. The lowest BCUT2D eigenvalue weighted by Gasteiger charge is -2.23. The van der Waals surface area contributed by atoms with Gasteiger partial charge >= 0.3 is 5.97 Å². The second kappa shape index (κ2) is 5.73. The molecule has 0 aromatic rings. The van der Waals surface area contributed by atoms with Gasteiger partial charge in [0.2, 0.25) is 5.91 Å². The molecule has 86 valence electrons. The first-order valence-corrected chi connectivity index (χ1v) is 5.69. The number of carbonyl (C=O) groups excluding carboxylic acids is 1. The van der Waals surface area contributed by atoms with E-state index in [9.17, 15) is 9.59 Å². The number of carbonyl (C=O) groups is 2. The quantitative estimate of drug-likeness (QED) is 0.682. The molecule has 0 aliphatic carbocycles. The minimum atomic E-state index is -0.860. The van der Waals surface area contributed by atoms with E-state index in [0.29, 0.717) is 19.4 Å². The molecule has 1 saturated heterocycles. The smallest absolute Gasteiger partial charge is 0.326 e. The summed E-state index contributed by atoms with van der Waals surface area (Å²) in [4.78, 5) is 24.0. The topological polar surface area (TPSA) is 57.6 Å². The molecule has 1 heterocycles. The summed E-state index contributed by atoms with van der Waals surface area (Å²) in [5.41, 5.74) is 0. The SMILES string of the molecule is CCCCCC(C(=O)O)N1CCCC1=O. The van der Waals surface area contributed by atoms with Crippen molar-refractivity contribution < 1.29 is 14.7 Å². The standard InChI is InChI=1S/C11H19NO3/c1-2-3-4-6-9(11(14)15)12-8-5-7-10(12)13/h9H,2-8H2,1H3,(H,14,15). The number of hydrogen-bond donors (Lipinski definition) is 1. The van der Waals surface area contributed by atoms with E-state index in [0.717, 1.165) is 25.7 Å². The third kappa shape index (κ3) is 3.22. The molecule has 1 aliphatic heterocycles. The fraction of sp³-hybridized carbons (Fsp3) is 0.818. The zero-order chi connectivity index (χ0) is 11.3. The number of amides is 1. The average Bonchev–Trinajstić information content (AvgIpc) is 2.59. The highest BCUT2D eigenvalue weighted by Crippen LogP contribution is 2.18. The van der Waals surface area contributed by atoms with E-state index in [-0.39, 0.29) is 5.91 Å². The Labute approximate surface area is 90.3 Å². The van der Waals surface area contributed by atoms with Crippen LogP contribution in [0.4, 0.5) is 0 Å². The Bertz CT molecular complexity index is 240. The van der Waals surface area contributed by atoms with Crippen LogP contribution < -0.4 is 0 Å². The summed E-state index contributed by atoms with van der Waals surface area (Å²) in [5.74, 6) is -0.861. The van der Waals surface area contributed by atoms with E-state index in [2.05, 4.69) is 6.92 Å². The van der Waals surface area contributed by atoms with Gasteiger partial charge in [0.05, 0.1) is 0 Å². The van der Waals surface area contributed by atoms with Gasteiger partial charge in [-0.15, -0.1) is 0 Å². The van der Waals surface area contributed by atoms with Crippen molar-refractivity contribution in [3.8, 4) is 0 Å². The van der Waals surface area contributed by atoms with Crippen LogP contribution in [0.3, 0.4) is 0 Å². The fourth-order valence-corrected chi connectivity index (χ4v) is 2.00. The number of rotatable bonds is 6. The van der Waals surface area contributed by atoms with Gasteiger partial charge in [0.25, 0.3) is 0 Å². The van der Waals surface area contributed by atoms with Gasteiger partial charge in [0, 0.05) is 13.0 Å². The van der Waals surface area contributed by atoms with Crippen molar-refractivity contribution in [2.45, 2.75) is 51.5 Å².